The molecule has 0 spiro atoms. The molecule has 1 amide bonds. The van der Waals surface area contributed by atoms with Crippen molar-refractivity contribution in [3.05, 3.63) is 34.9 Å². The third kappa shape index (κ3) is 4.05. The van der Waals surface area contributed by atoms with Crippen molar-refractivity contribution in [3.63, 3.8) is 0 Å². The second-order valence-corrected chi connectivity index (χ2v) is 4.94. The van der Waals surface area contributed by atoms with E-state index in [2.05, 4.69) is 6.07 Å². The summed E-state index contributed by atoms with van der Waals surface area (Å²) >= 11 is 6.02. The summed E-state index contributed by atoms with van der Waals surface area (Å²) in [5.41, 5.74) is 0.498. The second kappa shape index (κ2) is 7.03. The quantitative estimate of drug-likeness (QED) is 0.819. The zero-order valence-corrected chi connectivity index (χ0v) is 11.4. The summed E-state index contributed by atoms with van der Waals surface area (Å²) in [5.74, 6) is 0.250. The Kier molecular flexibility index (Phi) is 5.67. The molecule has 0 atom stereocenters. The fraction of sp³-hybridized carbons (Fsp3) is 0.429. The first-order chi connectivity index (χ1) is 8.56. The van der Waals surface area contributed by atoms with Crippen LogP contribution in [0.15, 0.2) is 24.3 Å². The molecule has 0 saturated carbocycles. The Morgan fingerprint density at radius 3 is 2.67 bits per heavy atom. The maximum atomic E-state index is 12.3. The highest BCUT2D eigenvalue weighted by Crippen LogP contribution is 2.18. The maximum Gasteiger partial charge on any atom is 0.255 e. The average Bonchev–Trinajstić information content (AvgIpc) is 2.34. The minimum Gasteiger partial charge on any atom is -0.337 e. The van der Waals surface area contributed by atoms with Gasteiger partial charge in [0.1, 0.15) is 0 Å². The van der Waals surface area contributed by atoms with Crippen molar-refractivity contribution in [1.82, 2.24) is 4.90 Å². The van der Waals surface area contributed by atoms with Crippen molar-refractivity contribution in [3.8, 4) is 6.07 Å². The van der Waals surface area contributed by atoms with Crippen molar-refractivity contribution in [2.24, 2.45) is 5.92 Å². The maximum absolute atomic E-state index is 12.3. The van der Waals surface area contributed by atoms with E-state index in [-0.39, 0.29) is 5.91 Å². The third-order valence-electron chi connectivity index (χ3n) is 2.47. The molecule has 0 aromatic heterocycles. The van der Waals surface area contributed by atoms with Gasteiger partial charge in [-0.3, -0.25) is 4.79 Å². The van der Waals surface area contributed by atoms with Crippen LogP contribution in [-0.2, 0) is 0 Å². The van der Waals surface area contributed by atoms with Crippen molar-refractivity contribution >= 4 is 17.5 Å². The molecule has 0 radical (unpaired) electrons. The van der Waals surface area contributed by atoms with E-state index in [1.807, 2.05) is 13.8 Å². The Balaban J connectivity index is 2.88. The molecule has 1 aromatic rings. The molecule has 96 valence electrons. The highest BCUT2D eigenvalue weighted by atomic mass is 35.5. The summed E-state index contributed by atoms with van der Waals surface area (Å²) in [5, 5.41) is 9.09. The molecule has 18 heavy (non-hydrogen) atoms. The van der Waals surface area contributed by atoms with E-state index in [9.17, 15) is 4.79 Å². The molecule has 0 aliphatic rings. The number of hydrogen-bond donors (Lipinski definition) is 0. The number of carbonyl (C=O) groups is 1. The first-order valence-electron chi connectivity index (χ1n) is 5.97. The van der Waals surface area contributed by atoms with E-state index >= 15 is 0 Å². The number of nitriles is 1. The molecule has 0 unspecified atom stereocenters. The highest BCUT2D eigenvalue weighted by Gasteiger charge is 2.18. The number of nitrogens with zero attached hydrogens (tertiary/aromatic N) is 2. The lowest BCUT2D eigenvalue weighted by Crippen LogP contribution is -2.35. The molecular weight excluding hydrogens is 248 g/mol. The van der Waals surface area contributed by atoms with Crippen LogP contribution in [0.1, 0.15) is 30.6 Å². The summed E-state index contributed by atoms with van der Waals surface area (Å²) in [7, 11) is 0. The molecule has 0 heterocycles. The standard InChI is InChI=1S/C14H17ClN2O/c1-11(2)10-17(9-5-8-16)14(18)12-6-3-4-7-13(12)15/h3-4,6-7,11H,5,9-10H2,1-2H3. The van der Waals surface area contributed by atoms with E-state index in [1.165, 1.54) is 0 Å². The minimum absolute atomic E-state index is 0.107. The van der Waals surface area contributed by atoms with Gasteiger partial charge in [-0.25, -0.2) is 0 Å². The largest absolute Gasteiger partial charge is 0.337 e. The lowest BCUT2D eigenvalue weighted by molar-refractivity contribution is 0.0740. The Bertz CT molecular complexity index is 451. The predicted octanol–water partition coefficient (Wildman–Crippen LogP) is 3.35. The molecule has 4 heteroatoms. The molecule has 0 fully saturated rings. The smallest absolute Gasteiger partial charge is 0.255 e. The number of hydrogen-bond acceptors (Lipinski definition) is 2. The topological polar surface area (TPSA) is 44.1 Å². The zero-order valence-electron chi connectivity index (χ0n) is 10.7. The summed E-state index contributed by atoms with van der Waals surface area (Å²) in [6, 6.07) is 9.06. The highest BCUT2D eigenvalue weighted by molar-refractivity contribution is 6.33. The molecule has 0 aliphatic heterocycles. The number of halogens is 1. The minimum atomic E-state index is -0.107. The summed E-state index contributed by atoms with van der Waals surface area (Å²) in [6.45, 7) is 5.16. The molecular formula is C14H17ClN2O. The Labute approximate surface area is 113 Å². The molecule has 0 saturated heterocycles. The molecule has 1 rings (SSSR count). The first-order valence-corrected chi connectivity index (χ1v) is 6.34. The molecule has 0 N–H and O–H groups in total. The van der Waals surface area contributed by atoms with E-state index < -0.39 is 0 Å². The van der Waals surface area contributed by atoms with Gasteiger partial charge < -0.3 is 4.90 Å². The van der Waals surface area contributed by atoms with Gasteiger partial charge >= 0.3 is 0 Å². The van der Waals surface area contributed by atoms with Gasteiger partial charge in [0.2, 0.25) is 0 Å². The molecule has 0 bridgehead atoms. The van der Waals surface area contributed by atoms with Crippen molar-refractivity contribution in [1.29, 1.82) is 5.26 Å². The predicted molar refractivity (Wildman–Crippen MR) is 72.4 cm³/mol. The SMILES string of the molecule is CC(C)CN(CCC#N)C(=O)c1ccccc1Cl. The monoisotopic (exact) mass is 264 g/mol. The van der Waals surface area contributed by atoms with Crippen molar-refractivity contribution < 1.29 is 4.79 Å². The van der Waals surface area contributed by atoms with Crippen LogP contribution in [0.4, 0.5) is 0 Å². The van der Waals surface area contributed by atoms with Crippen LogP contribution in [0.2, 0.25) is 5.02 Å². The summed E-state index contributed by atoms with van der Waals surface area (Å²) in [4.78, 5) is 14.0. The second-order valence-electron chi connectivity index (χ2n) is 4.53. The van der Waals surface area contributed by atoms with Crippen molar-refractivity contribution in [2.75, 3.05) is 13.1 Å². The van der Waals surface area contributed by atoms with Gasteiger partial charge in [0.25, 0.3) is 5.91 Å². The Hall–Kier alpha value is -1.53. The average molecular weight is 265 g/mol. The lowest BCUT2D eigenvalue weighted by atomic mass is 10.1. The molecule has 1 aromatic carbocycles. The summed E-state index contributed by atoms with van der Waals surface area (Å²) in [6.07, 6.45) is 0.336. The van der Waals surface area contributed by atoms with E-state index in [1.54, 1.807) is 29.2 Å². The Morgan fingerprint density at radius 2 is 2.11 bits per heavy atom. The van der Waals surface area contributed by atoms with Crippen LogP contribution >= 0.6 is 11.6 Å². The van der Waals surface area contributed by atoms with Crippen LogP contribution in [0.3, 0.4) is 0 Å². The van der Waals surface area contributed by atoms with Gasteiger partial charge in [0.05, 0.1) is 23.1 Å². The Morgan fingerprint density at radius 1 is 1.44 bits per heavy atom. The van der Waals surface area contributed by atoms with Crippen LogP contribution in [0.5, 0.6) is 0 Å². The molecule has 3 nitrogen and oxygen atoms in total. The number of rotatable bonds is 5. The number of carbonyl (C=O) groups excluding carboxylic acids is 1. The molecule has 0 aliphatic carbocycles. The zero-order chi connectivity index (χ0) is 13.5. The van der Waals surface area contributed by atoms with Crippen LogP contribution in [0, 0.1) is 17.2 Å². The summed E-state index contributed by atoms with van der Waals surface area (Å²) < 4.78 is 0. The van der Waals surface area contributed by atoms with E-state index in [4.69, 9.17) is 16.9 Å². The van der Waals surface area contributed by atoms with Crippen LogP contribution < -0.4 is 0 Å². The van der Waals surface area contributed by atoms with Gasteiger partial charge in [-0.2, -0.15) is 5.26 Å². The van der Waals surface area contributed by atoms with Crippen molar-refractivity contribution in [2.45, 2.75) is 20.3 Å². The number of benzene rings is 1. The lowest BCUT2D eigenvalue weighted by Gasteiger charge is -2.24. The van der Waals surface area contributed by atoms with Crippen LogP contribution in [0.25, 0.3) is 0 Å². The fourth-order valence-electron chi connectivity index (χ4n) is 1.71. The van der Waals surface area contributed by atoms with Crippen LogP contribution in [-0.4, -0.2) is 23.9 Å². The van der Waals surface area contributed by atoms with Gasteiger partial charge in [0.15, 0.2) is 0 Å². The van der Waals surface area contributed by atoms with Gasteiger partial charge in [0, 0.05) is 13.1 Å². The van der Waals surface area contributed by atoms with E-state index in [0.717, 1.165) is 0 Å². The normalized spacial score (nSPS) is 10.2. The van der Waals surface area contributed by atoms with E-state index in [0.29, 0.717) is 36.0 Å². The van der Waals surface area contributed by atoms with Gasteiger partial charge in [-0.1, -0.05) is 37.6 Å². The third-order valence-corrected chi connectivity index (χ3v) is 2.80. The van der Waals surface area contributed by atoms with Gasteiger partial charge in [-0.05, 0) is 18.1 Å². The number of amides is 1. The van der Waals surface area contributed by atoms with Gasteiger partial charge in [-0.15, -0.1) is 0 Å². The fourth-order valence-corrected chi connectivity index (χ4v) is 1.92. The first kappa shape index (κ1) is 14.5.